The molecule has 2 heterocycles. The van der Waals surface area contributed by atoms with Gasteiger partial charge in [-0.25, -0.2) is 9.55 Å². The van der Waals surface area contributed by atoms with Crippen LogP contribution in [0.2, 0.25) is 10.3 Å². The van der Waals surface area contributed by atoms with Crippen molar-refractivity contribution in [3.05, 3.63) is 58.6 Å². The lowest BCUT2D eigenvalue weighted by Crippen LogP contribution is -3.00. The largest absolute Gasteiger partial charge is 1.00 e. The van der Waals surface area contributed by atoms with Gasteiger partial charge in [0.05, 0.1) is 0 Å². The zero-order valence-corrected chi connectivity index (χ0v) is 11.4. The van der Waals surface area contributed by atoms with Crippen LogP contribution in [0.15, 0.2) is 42.7 Å². The minimum atomic E-state index is 0. The van der Waals surface area contributed by atoms with Crippen LogP contribution >= 0.6 is 23.2 Å². The quantitative estimate of drug-likeness (QED) is 0.550. The lowest BCUT2D eigenvalue weighted by Gasteiger charge is -1.99. The standard InChI is InChI=1S/C11H9Cl2N2.BrH/c12-10-6-9(7-11(13)14-10)8-15-4-2-1-3-5-15;/h1-7H,8H2;1H/q+1;/p-1. The third kappa shape index (κ3) is 3.74. The third-order valence-electron chi connectivity index (χ3n) is 1.97. The highest BCUT2D eigenvalue weighted by atomic mass is 79.9. The molecule has 0 bridgehead atoms. The summed E-state index contributed by atoms with van der Waals surface area (Å²) in [6, 6.07) is 9.55. The van der Waals surface area contributed by atoms with E-state index in [4.69, 9.17) is 23.2 Å². The van der Waals surface area contributed by atoms with Gasteiger partial charge in [0.1, 0.15) is 10.3 Å². The Hall–Kier alpha value is -0.640. The Kier molecular flexibility index (Phi) is 5.19. The van der Waals surface area contributed by atoms with Gasteiger partial charge in [-0.05, 0) is 12.1 Å². The van der Waals surface area contributed by atoms with Crippen LogP contribution in [-0.2, 0) is 6.54 Å². The van der Waals surface area contributed by atoms with Crippen molar-refractivity contribution in [2.75, 3.05) is 0 Å². The second-order valence-corrected chi connectivity index (χ2v) is 3.94. The second-order valence-electron chi connectivity index (χ2n) is 3.17. The fourth-order valence-electron chi connectivity index (χ4n) is 1.36. The monoisotopic (exact) mass is 318 g/mol. The average Bonchev–Trinajstić information content (AvgIpc) is 2.17. The molecule has 84 valence electrons. The number of hydrogen-bond donors (Lipinski definition) is 0. The molecule has 0 unspecified atom stereocenters. The molecule has 2 aromatic rings. The molecule has 5 heteroatoms. The SMILES string of the molecule is Clc1cc(C[n+]2ccccc2)cc(Cl)n1.[Br-]. The molecule has 0 saturated heterocycles. The molecule has 16 heavy (non-hydrogen) atoms. The Labute approximate surface area is 115 Å². The normalized spacial score (nSPS) is 9.62. The fraction of sp³-hybridized carbons (Fsp3) is 0.0909. The zero-order valence-electron chi connectivity index (χ0n) is 8.28. The number of pyridine rings is 2. The molecule has 0 aliphatic heterocycles. The highest BCUT2D eigenvalue weighted by Gasteiger charge is 2.04. The van der Waals surface area contributed by atoms with Crippen molar-refractivity contribution >= 4 is 23.2 Å². The molecule has 0 atom stereocenters. The zero-order chi connectivity index (χ0) is 10.7. The maximum absolute atomic E-state index is 5.81. The molecule has 0 saturated carbocycles. The smallest absolute Gasteiger partial charge is 0.174 e. The molecule has 0 N–H and O–H groups in total. The minimum Gasteiger partial charge on any atom is -1.00 e. The Morgan fingerprint density at radius 2 is 1.56 bits per heavy atom. The average molecular weight is 320 g/mol. The van der Waals surface area contributed by atoms with Crippen molar-refractivity contribution < 1.29 is 21.5 Å². The summed E-state index contributed by atoms with van der Waals surface area (Å²) in [6.45, 7) is 0.739. The van der Waals surface area contributed by atoms with Crippen LogP contribution in [0, 0.1) is 0 Å². The Balaban J connectivity index is 0.00000128. The van der Waals surface area contributed by atoms with Crippen LogP contribution in [0.25, 0.3) is 0 Å². The predicted molar refractivity (Wildman–Crippen MR) is 60.0 cm³/mol. The molecule has 0 aromatic carbocycles. The molecule has 0 radical (unpaired) electrons. The topological polar surface area (TPSA) is 16.8 Å². The van der Waals surface area contributed by atoms with Crippen LogP contribution < -0.4 is 21.5 Å². The van der Waals surface area contributed by atoms with Gasteiger partial charge in [0, 0.05) is 17.7 Å². The van der Waals surface area contributed by atoms with Crippen LogP contribution in [0.5, 0.6) is 0 Å². The van der Waals surface area contributed by atoms with Crippen molar-refractivity contribution in [1.82, 2.24) is 4.98 Å². The highest BCUT2D eigenvalue weighted by molar-refractivity contribution is 6.32. The summed E-state index contributed by atoms with van der Waals surface area (Å²) in [7, 11) is 0. The molecule has 0 amide bonds. The molecule has 0 spiro atoms. The number of halogens is 3. The third-order valence-corrected chi connectivity index (χ3v) is 2.35. The van der Waals surface area contributed by atoms with E-state index < -0.39 is 0 Å². The van der Waals surface area contributed by atoms with E-state index in [0.29, 0.717) is 10.3 Å². The van der Waals surface area contributed by atoms with E-state index in [1.807, 2.05) is 47.3 Å². The molecule has 2 rings (SSSR count). The maximum Gasteiger partial charge on any atom is 0.174 e. The van der Waals surface area contributed by atoms with Crippen molar-refractivity contribution in [3.8, 4) is 0 Å². The number of hydrogen-bond acceptors (Lipinski definition) is 1. The van der Waals surface area contributed by atoms with Crippen LogP contribution in [0.1, 0.15) is 5.56 Å². The van der Waals surface area contributed by atoms with Gasteiger partial charge < -0.3 is 17.0 Å². The van der Waals surface area contributed by atoms with Crippen LogP contribution in [-0.4, -0.2) is 4.98 Å². The van der Waals surface area contributed by atoms with E-state index in [2.05, 4.69) is 4.98 Å². The van der Waals surface area contributed by atoms with Crippen molar-refractivity contribution in [2.45, 2.75) is 6.54 Å². The van der Waals surface area contributed by atoms with E-state index in [9.17, 15) is 0 Å². The highest BCUT2D eigenvalue weighted by Crippen LogP contribution is 2.14. The lowest BCUT2D eigenvalue weighted by molar-refractivity contribution is -0.688. The van der Waals surface area contributed by atoms with E-state index >= 15 is 0 Å². The van der Waals surface area contributed by atoms with Gasteiger partial charge in [-0.15, -0.1) is 0 Å². The Bertz CT molecular complexity index is 443. The summed E-state index contributed by atoms with van der Waals surface area (Å²) in [5.74, 6) is 0. The van der Waals surface area contributed by atoms with Gasteiger partial charge in [-0.1, -0.05) is 29.3 Å². The van der Waals surface area contributed by atoms with Gasteiger partial charge in [0.2, 0.25) is 0 Å². The summed E-state index contributed by atoms with van der Waals surface area (Å²) >= 11 is 11.6. The van der Waals surface area contributed by atoms with Crippen molar-refractivity contribution in [3.63, 3.8) is 0 Å². The van der Waals surface area contributed by atoms with Crippen molar-refractivity contribution in [2.24, 2.45) is 0 Å². The molecule has 0 aliphatic carbocycles. The number of rotatable bonds is 2. The van der Waals surface area contributed by atoms with Crippen LogP contribution in [0.3, 0.4) is 0 Å². The molecule has 0 aliphatic rings. The van der Waals surface area contributed by atoms with Gasteiger partial charge in [-0.2, -0.15) is 0 Å². The summed E-state index contributed by atoms with van der Waals surface area (Å²) in [4.78, 5) is 3.90. The van der Waals surface area contributed by atoms with Gasteiger partial charge in [0.15, 0.2) is 18.9 Å². The van der Waals surface area contributed by atoms with E-state index in [1.54, 1.807) is 0 Å². The Morgan fingerprint density at radius 3 is 2.12 bits per heavy atom. The number of nitrogens with zero attached hydrogens (tertiary/aromatic N) is 2. The summed E-state index contributed by atoms with van der Waals surface area (Å²) < 4.78 is 2.04. The maximum atomic E-state index is 5.81. The first-order chi connectivity index (χ1) is 7.24. The first-order valence-corrected chi connectivity index (χ1v) is 5.26. The van der Waals surface area contributed by atoms with E-state index in [-0.39, 0.29) is 17.0 Å². The first-order valence-electron chi connectivity index (χ1n) is 4.50. The van der Waals surface area contributed by atoms with Crippen LogP contribution in [0.4, 0.5) is 0 Å². The summed E-state index contributed by atoms with van der Waals surface area (Å²) in [5, 5.41) is 0.850. The molecule has 2 aromatic heterocycles. The second kappa shape index (κ2) is 6.18. The van der Waals surface area contributed by atoms with Gasteiger partial charge >= 0.3 is 0 Å². The first kappa shape index (κ1) is 13.4. The van der Waals surface area contributed by atoms with Crippen molar-refractivity contribution in [1.29, 1.82) is 0 Å². The summed E-state index contributed by atoms with van der Waals surface area (Å²) in [6.07, 6.45) is 3.98. The van der Waals surface area contributed by atoms with E-state index in [0.717, 1.165) is 12.1 Å². The molecule has 2 nitrogen and oxygen atoms in total. The Morgan fingerprint density at radius 1 is 1.00 bits per heavy atom. The number of aromatic nitrogens is 2. The fourth-order valence-corrected chi connectivity index (χ4v) is 1.86. The minimum absolute atomic E-state index is 0. The van der Waals surface area contributed by atoms with E-state index in [1.165, 1.54) is 0 Å². The summed E-state index contributed by atoms with van der Waals surface area (Å²) in [5.41, 5.74) is 1.04. The predicted octanol–water partition coefficient (Wildman–Crippen LogP) is -0.272. The molecular weight excluding hydrogens is 311 g/mol. The van der Waals surface area contributed by atoms with Gasteiger partial charge in [-0.3, -0.25) is 0 Å². The molecule has 0 fully saturated rings. The lowest BCUT2D eigenvalue weighted by atomic mass is 10.2. The molecular formula is C11H9BrCl2N2. The van der Waals surface area contributed by atoms with Gasteiger partial charge in [0.25, 0.3) is 0 Å².